The van der Waals surface area contributed by atoms with Gasteiger partial charge in [-0.1, -0.05) is 0 Å². The first-order chi connectivity index (χ1) is 12.3. The lowest BCUT2D eigenvalue weighted by Crippen LogP contribution is -2.44. The number of anilines is 1. The monoisotopic (exact) mass is 383 g/mol. The van der Waals surface area contributed by atoms with E-state index in [1.165, 1.54) is 19.1 Å². The van der Waals surface area contributed by atoms with Crippen LogP contribution in [0.2, 0.25) is 0 Å². The van der Waals surface area contributed by atoms with Crippen molar-refractivity contribution in [2.24, 2.45) is 0 Å². The number of morpholine rings is 1. The molecule has 144 valence electrons. The van der Waals surface area contributed by atoms with E-state index in [9.17, 15) is 18.0 Å². The second kappa shape index (κ2) is 9.11. The molecule has 0 atom stereocenters. The number of sulfonamides is 1. The lowest BCUT2D eigenvalue weighted by molar-refractivity contribution is -0.119. The number of Topliss-reactive ketones (excluding diaryl/α,β-unsaturated/α-hetero) is 1. The van der Waals surface area contributed by atoms with Gasteiger partial charge in [-0.2, -0.15) is 0 Å². The number of carbonyl (C=O) groups is 2. The maximum absolute atomic E-state index is 12.2. The lowest BCUT2D eigenvalue weighted by atomic mass is 10.1. The average molecular weight is 383 g/mol. The Kier molecular flexibility index (Phi) is 7.13. The Hall–Kier alpha value is -1.97. The number of carbonyl (C=O) groups excluding carboxylic acids is 2. The smallest absolute Gasteiger partial charge is 0.240 e. The van der Waals surface area contributed by atoms with Gasteiger partial charge in [0.2, 0.25) is 15.9 Å². The summed E-state index contributed by atoms with van der Waals surface area (Å²) in [5, 5.41) is 2.75. The van der Waals surface area contributed by atoms with Crippen LogP contribution in [-0.4, -0.2) is 77.2 Å². The Morgan fingerprint density at radius 3 is 2.35 bits per heavy atom. The highest BCUT2D eigenvalue weighted by Crippen LogP contribution is 2.18. The molecule has 1 aliphatic heterocycles. The van der Waals surface area contributed by atoms with Crippen LogP contribution in [0.3, 0.4) is 0 Å². The number of amides is 1. The molecule has 1 heterocycles. The van der Waals surface area contributed by atoms with Gasteiger partial charge in [0, 0.05) is 31.7 Å². The van der Waals surface area contributed by atoms with Crippen molar-refractivity contribution in [3.8, 4) is 0 Å². The van der Waals surface area contributed by atoms with Gasteiger partial charge in [0.25, 0.3) is 0 Å². The van der Waals surface area contributed by atoms with Crippen LogP contribution in [0, 0.1) is 0 Å². The number of ketones is 1. The zero-order chi connectivity index (χ0) is 19.2. The topological polar surface area (TPSA) is 96.0 Å². The number of ether oxygens (including phenoxy) is 1. The average Bonchev–Trinajstić information content (AvgIpc) is 2.60. The highest BCUT2D eigenvalue weighted by atomic mass is 32.2. The van der Waals surface area contributed by atoms with Gasteiger partial charge in [0.05, 0.1) is 25.2 Å². The number of benzene rings is 1. The zero-order valence-corrected chi connectivity index (χ0v) is 15.9. The van der Waals surface area contributed by atoms with Gasteiger partial charge >= 0.3 is 0 Å². The summed E-state index contributed by atoms with van der Waals surface area (Å²) in [4.78, 5) is 25.7. The van der Waals surface area contributed by atoms with Crippen LogP contribution in [0.5, 0.6) is 0 Å². The maximum atomic E-state index is 12.2. The summed E-state index contributed by atoms with van der Waals surface area (Å²) in [5.41, 5.74) is 0.831. The molecule has 26 heavy (non-hydrogen) atoms. The van der Waals surface area contributed by atoms with Crippen LogP contribution in [0.15, 0.2) is 24.3 Å². The molecule has 0 radical (unpaired) electrons. The summed E-state index contributed by atoms with van der Waals surface area (Å²) in [5.74, 6) is -0.484. The fourth-order valence-corrected chi connectivity index (χ4v) is 3.48. The largest absolute Gasteiger partial charge is 0.379 e. The summed E-state index contributed by atoms with van der Waals surface area (Å²) in [6.45, 7) is 5.30. The number of hydrogen-bond acceptors (Lipinski definition) is 6. The molecule has 0 spiro atoms. The van der Waals surface area contributed by atoms with Crippen molar-refractivity contribution in [1.29, 1.82) is 0 Å². The van der Waals surface area contributed by atoms with Crippen molar-refractivity contribution in [1.82, 2.24) is 10.2 Å². The van der Waals surface area contributed by atoms with Crippen LogP contribution < -0.4 is 9.62 Å². The highest BCUT2D eigenvalue weighted by molar-refractivity contribution is 7.92. The van der Waals surface area contributed by atoms with Gasteiger partial charge < -0.3 is 10.1 Å². The van der Waals surface area contributed by atoms with Crippen molar-refractivity contribution in [3.05, 3.63) is 29.8 Å². The van der Waals surface area contributed by atoms with Crippen molar-refractivity contribution < 1.29 is 22.7 Å². The normalized spacial score (nSPS) is 15.5. The van der Waals surface area contributed by atoms with Crippen LogP contribution in [-0.2, 0) is 19.6 Å². The third-order valence-corrected chi connectivity index (χ3v) is 5.24. The van der Waals surface area contributed by atoms with Gasteiger partial charge in [-0.15, -0.1) is 0 Å². The molecule has 8 nitrogen and oxygen atoms in total. The number of nitrogens with zero attached hydrogens (tertiary/aromatic N) is 2. The Labute approximate surface area is 154 Å². The summed E-state index contributed by atoms with van der Waals surface area (Å²) in [6, 6.07) is 6.15. The minimum Gasteiger partial charge on any atom is -0.379 e. The van der Waals surface area contributed by atoms with E-state index in [-0.39, 0.29) is 18.2 Å². The second-order valence-corrected chi connectivity index (χ2v) is 8.08. The highest BCUT2D eigenvalue weighted by Gasteiger charge is 2.21. The molecule has 1 aliphatic rings. The Bertz CT molecular complexity index is 727. The Morgan fingerprint density at radius 2 is 1.81 bits per heavy atom. The Balaban J connectivity index is 1.94. The van der Waals surface area contributed by atoms with Crippen molar-refractivity contribution >= 4 is 27.4 Å². The third-order valence-electron chi connectivity index (χ3n) is 4.10. The standard InChI is InChI=1S/C17H25N3O5S/c1-14(21)15-3-5-16(6-4-15)20(26(2,23)24)13-17(22)18-7-8-19-9-11-25-12-10-19/h3-6H,7-13H2,1-2H3,(H,18,22). The molecular formula is C17H25N3O5S. The molecule has 0 bridgehead atoms. The Morgan fingerprint density at radius 1 is 1.19 bits per heavy atom. The molecule has 1 N–H and O–H groups in total. The molecule has 1 aromatic carbocycles. The molecule has 0 unspecified atom stereocenters. The van der Waals surface area contributed by atoms with E-state index in [1.54, 1.807) is 12.1 Å². The molecular weight excluding hydrogens is 358 g/mol. The molecule has 0 saturated carbocycles. The molecule has 9 heteroatoms. The fraction of sp³-hybridized carbons (Fsp3) is 0.529. The van der Waals surface area contributed by atoms with Crippen LogP contribution >= 0.6 is 0 Å². The van der Waals surface area contributed by atoms with Crippen molar-refractivity contribution in [2.75, 3.05) is 56.5 Å². The molecule has 2 rings (SSSR count). The maximum Gasteiger partial charge on any atom is 0.240 e. The van der Waals surface area contributed by atoms with E-state index in [0.717, 1.165) is 23.7 Å². The lowest BCUT2D eigenvalue weighted by Gasteiger charge is -2.27. The molecule has 1 aromatic rings. The third kappa shape index (κ3) is 6.08. The van der Waals surface area contributed by atoms with E-state index in [1.807, 2.05) is 0 Å². The summed E-state index contributed by atoms with van der Waals surface area (Å²) < 4.78 is 30.4. The van der Waals surface area contributed by atoms with Crippen molar-refractivity contribution in [2.45, 2.75) is 6.92 Å². The van der Waals surface area contributed by atoms with Gasteiger partial charge in [-0.25, -0.2) is 8.42 Å². The molecule has 1 fully saturated rings. The van der Waals surface area contributed by atoms with E-state index in [2.05, 4.69) is 10.2 Å². The SMILES string of the molecule is CC(=O)c1ccc(N(CC(=O)NCCN2CCOCC2)S(C)(=O)=O)cc1. The molecule has 1 amide bonds. The van der Waals surface area contributed by atoms with Gasteiger partial charge in [0.1, 0.15) is 6.54 Å². The molecule has 1 saturated heterocycles. The van der Waals surface area contributed by atoms with Crippen LogP contribution in [0.1, 0.15) is 17.3 Å². The van der Waals surface area contributed by atoms with E-state index in [0.29, 0.717) is 37.6 Å². The predicted octanol–water partition coefficient (Wildman–Crippen LogP) is 0.104. The van der Waals surface area contributed by atoms with E-state index >= 15 is 0 Å². The minimum absolute atomic E-state index is 0.108. The molecule has 0 aliphatic carbocycles. The number of nitrogens with one attached hydrogen (secondary N) is 1. The van der Waals surface area contributed by atoms with E-state index in [4.69, 9.17) is 4.74 Å². The van der Waals surface area contributed by atoms with Gasteiger partial charge in [-0.05, 0) is 31.2 Å². The summed E-state index contributed by atoms with van der Waals surface area (Å²) in [7, 11) is -3.63. The zero-order valence-electron chi connectivity index (χ0n) is 15.1. The summed E-state index contributed by atoms with van der Waals surface area (Å²) in [6.07, 6.45) is 1.05. The first kappa shape index (κ1) is 20.3. The quantitative estimate of drug-likeness (QED) is 0.640. The van der Waals surface area contributed by atoms with Crippen LogP contribution in [0.25, 0.3) is 0 Å². The first-order valence-electron chi connectivity index (χ1n) is 8.43. The fourth-order valence-electron chi connectivity index (χ4n) is 2.63. The van der Waals surface area contributed by atoms with Gasteiger partial charge in [0.15, 0.2) is 5.78 Å². The van der Waals surface area contributed by atoms with Crippen molar-refractivity contribution in [3.63, 3.8) is 0 Å². The number of hydrogen-bond donors (Lipinski definition) is 1. The van der Waals surface area contributed by atoms with E-state index < -0.39 is 10.0 Å². The predicted molar refractivity (Wildman–Crippen MR) is 98.9 cm³/mol. The first-order valence-corrected chi connectivity index (χ1v) is 10.3. The summed E-state index contributed by atoms with van der Waals surface area (Å²) >= 11 is 0. The second-order valence-electron chi connectivity index (χ2n) is 6.18. The minimum atomic E-state index is -3.63. The number of rotatable bonds is 8. The van der Waals surface area contributed by atoms with Gasteiger partial charge in [-0.3, -0.25) is 18.8 Å². The van der Waals surface area contributed by atoms with Crippen LogP contribution in [0.4, 0.5) is 5.69 Å². The molecule has 0 aromatic heterocycles.